The van der Waals surface area contributed by atoms with E-state index in [1.165, 1.54) is 0 Å². The molecule has 0 saturated heterocycles. The van der Waals surface area contributed by atoms with E-state index in [0.717, 1.165) is 16.9 Å². The lowest BCUT2D eigenvalue weighted by molar-refractivity contribution is -0.145. The first-order valence-corrected chi connectivity index (χ1v) is 9.22. The maximum atomic E-state index is 12.0. The van der Waals surface area contributed by atoms with Crippen molar-refractivity contribution in [3.63, 3.8) is 0 Å². The molecule has 0 radical (unpaired) electrons. The minimum atomic E-state index is -0.704. The van der Waals surface area contributed by atoms with E-state index in [-0.39, 0.29) is 53.1 Å². The Morgan fingerprint density at radius 3 is 2.57 bits per heavy atom. The fraction of sp³-hybridized carbons (Fsp3) is 0.263. The van der Waals surface area contributed by atoms with Gasteiger partial charge in [-0.25, -0.2) is 4.79 Å². The molecule has 146 valence electrons. The second kappa shape index (κ2) is 10.1. The number of anilines is 1. The molecule has 9 heteroatoms. The zero-order valence-corrected chi connectivity index (χ0v) is 16.0. The van der Waals surface area contributed by atoms with Crippen molar-refractivity contribution in [3.05, 3.63) is 51.9 Å². The van der Waals surface area contributed by atoms with Gasteiger partial charge < -0.3 is 20.5 Å². The molecule has 0 saturated carbocycles. The first kappa shape index (κ1) is 20.9. The molecule has 8 nitrogen and oxygen atoms in total. The molecular weight excluding hydrogens is 382 g/mol. The standard InChI is InChI=1S/C19H19N3O5S/c1-2-26-19(25)17-14(13(9-20)18(21)28-17)11-27-16(24)10-22-15(23)8-12-6-4-3-5-7-12/h3-7H,2,8,10-11,21H2,1H3,(H,22,23). The van der Waals surface area contributed by atoms with Crippen LogP contribution in [0.4, 0.5) is 5.00 Å². The predicted octanol–water partition coefficient (Wildman–Crippen LogP) is 1.78. The third-order valence-electron chi connectivity index (χ3n) is 3.62. The van der Waals surface area contributed by atoms with Crippen LogP contribution in [0.1, 0.15) is 33.3 Å². The van der Waals surface area contributed by atoms with Crippen molar-refractivity contribution in [1.29, 1.82) is 5.26 Å². The maximum absolute atomic E-state index is 12.0. The van der Waals surface area contributed by atoms with Crippen LogP contribution < -0.4 is 11.1 Å². The molecule has 1 amide bonds. The SMILES string of the molecule is CCOC(=O)c1sc(N)c(C#N)c1COC(=O)CNC(=O)Cc1ccccc1. The van der Waals surface area contributed by atoms with Gasteiger partial charge in [-0.05, 0) is 12.5 Å². The van der Waals surface area contributed by atoms with Gasteiger partial charge >= 0.3 is 11.9 Å². The van der Waals surface area contributed by atoms with E-state index in [1.807, 2.05) is 24.3 Å². The topological polar surface area (TPSA) is 132 Å². The van der Waals surface area contributed by atoms with Gasteiger partial charge in [0, 0.05) is 5.56 Å². The number of nitrogens with one attached hydrogen (secondary N) is 1. The van der Waals surface area contributed by atoms with Gasteiger partial charge in [-0.1, -0.05) is 30.3 Å². The van der Waals surface area contributed by atoms with Crippen LogP contribution in [0.25, 0.3) is 0 Å². The Kier molecular flexibility index (Phi) is 7.54. The highest BCUT2D eigenvalue weighted by molar-refractivity contribution is 7.18. The summed E-state index contributed by atoms with van der Waals surface area (Å²) in [7, 11) is 0. The molecule has 0 spiro atoms. The molecule has 0 aliphatic heterocycles. The number of esters is 2. The largest absolute Gasteiger partial charge is 0.462 e. The summed E-state index contributed by atoms with van der Waals surface area (Å²) < 4.78 is 10.0. The third-order valence-corrected chi connectivity index (χ3v) is 4.66. The molecular formula is C19H19N3O5S. The third kappa shape index (κ3) is 5.56. The molecule has 28 heavy (non-hydrogen) atoms. The second-order valence-corrected chi connectivity index (χ2v) is 6.63. The maximum Gasteiger partial charge on any atom is 0.348 e. The molecule has 3 N–H and O–H groups in total. The highest BCUT2D eigenvalue weighted by Crippen LogP contribution is 2.31. The molecule has 0 aliphatic rings. The minimum Gasteiger partial charge on any atom is -0.462 e. The zero-order valence-electron chi connectivity index (χ0n) is 15.2. The van der Waals surface area contributed by atoms with Crippen LogP contribution in [0, 0.1) is 11.3 Å². The summed E-state index contributed by atoms with van der Waals surface area (Å²) in [4.78, 5) is 35.9. The number of amides is 1. The van der Waals surface area contributed by atoms with E-state index < -0.39 is 11.9 Å². The molecule has 1 aromatic heterocycles. The number of nitrogen functional groups attached to an aromatic ring is 1. The van der Waals surface area contributed by atoms with E-state index in [4.69, 9.17) is 15.2 Å². The summed E-state index contributed by atoms with van der Waals surface area (Å²) in [5, 5.41) is 11.8. The predicted molar refractivity (Wildman–Crippen MR) is 102 cm³/mol. The van der Waals surface area contributed by atoms with Crippen molar-refractivity contribution in [2.45, 2.75) is 20.0 Å². The molecule has 0 fully saturated rings. The molecule has 2 rings (SSSR count). The van der Waals surface area contributed by atoms with Gasteiger partial charge in [0.15, 0.2) is 0 Å². The van der Waals surface area contributed by atoms with Crippen LogP contribution in [0.2, 0.25) is 0 Å². The van der Waals surface area contributed by atoms with E-state index >= 15 is 0 Å². The fourth-order valence-corrected chi connectivity index (χ4v) is 3.24. The number of nitrogens with zero attached hydrogens (tertiary/aromatic N) is 1. The van der Waals surface area contributed by atoms with Crippen LogP contribution in [0.3, 0.4) is 0 Å². The molecule has 1 aromatic carbocycles. The summed E-state index contributed by atoms with van der Waals surface area (Å²) in [5.74, 6) is -1.67. The Balaban J connectivity index is 1.92. The summed E-state index contributed by atoms with van der Waals surface area (Å²) >= 11 is 0.904. The first-order chi connectivity index (χ1) is 13.5. The summed E-state index contributed by atoms with van der Waals surface area (Å²) in [6.07, 6.45) is 0.140. The second-order valence-electron chi connectivity index (χ2n) is 5.58. The fourth-order valence-electron chi connectivity index (χ4n) is 2.32. The molecule has 0 atom stereocenters. The van der Waals surface area contributed by atoms with Gasteiger partial charge in [0.05, 0.1) is 18.6 Å². The highest BCUT2D eigenvalue weighted by Gasteiger charge is 2.23. The molecule has 0 bridgehead atoms. The number of nitriles is 1. The van der Waals surface area contributed by atoms with E-state index in [1.54, 1.807) is 19.1 Å². The number of nitrogens with two attached hydrogens (primary N) is 1. The number of carbonyl (C=O) groups excluding carboxylic acids is 3. The minimum absolute atomic E-state index is 0.0777. The van der Waals surface area contributed by atoms with Crippen LogP contribution in [0.5, 0.6) is 0 Å². The lowest BCUT2D eigenvalue weighted by atomic mass is 10.1. The highest BCUT2D eigenvalue weighted by atomic mass is 32.1. The Morgan fingerprint density at radius 1 is 1.21 bits per heavy atom. The van der Waals surface area contributed by atoms with E-state index in [9.17, 15) is 19.6 Å². The molecule has 2 aromatic rings. The smallest absolute Gasteiger partial charge is 0.348 e. The van der Waals surface area contributed by atoms with Crippen molar-refractivity contribution in [2.75, 3.05) is 18.9 Å². The summed E-state index contributed by atoms with van der Waals surface area (Å²) in [5.41, 5.74) is 6.85. The normalized spacial score (nSPS) is 10.0. The van der Waals surface area contributed by atoms with Gasteiger partial charge in [-0.2, -0.15) is 5.26 Å². The van der Waals surface area contributed by atoms with Crippen molar-refractivity contribution >= 4 is 34.2 Å². The Bertz CT molecular complexity index is 902. The Hall–Kier alpha value is -3.38. The van der Waals surface area contributed by atoms with E-state index in [2.05, 4.69) is 5.32 Å². The summed E-state index contributed by atoms with van der Waals surface area (Å²) in [6, 6.07) is 11.0. The van der Waals surface area contributed by atoms with Crippen molar-refractivity contribution < 1.29 is 23.9 Å². The number of hydrogen-bond donors (Lipinski definition) is 2. The molecule has 1 heterocycles. The number of thiophene rings is 1. The van der Waals surface area contributed by atoms with Gasteiger partial charge in [-0.15, -0.1) is 11.3 Å². The van der Waals surface area contributed by atoms with Gasteiger partial charge in [0.1, 0.15) is 29.1 Å². The lowest BCUT2D eigenvalue weighted by Gasteiger charge is -2.08. The number of carbonyl (C=O) groups is 3. The van der Waals surface area contributed by atoms with Crippen LogP contribution in [-0.2, 0) is 32.1 Å². The average molecular weight is 401 g/mol. The number of benzene rings is 1. The number of rotatable bonds is 8. The molecule has 0 unspecified atom stereocenters. The van der Waals surface area contributed by atoms with Crippen LogP contribution >= 0.6 is 11.3 Å². The van der Waals surface area contributed by atoms with Gasteiger partial charge in [0.25, 0.3) is 0 Å². The van der Waals surface area contributed by atoms with Crippen molar-refractivity contribution in [3.8, 4) is 6.07 Å². The molecule has 0 aliphatic carbocycles. The van der Waals surface area contributed by atoms with Gasteiger partial charge in [-0.3, -0.25) is 9.59 Å². The number of hydrogen-bond acceptors (Lipinski definition) is 8. The van der Waals surface area contributed by atoms with Crippen LogP contribution in [-0.4, -0.2) is 31.0 Å². The average Bonchev–Trinajstić information content (AvgIpc) is 3.01. The van der Waals surface area contributed by atoms with Crippen molar-refractivity contribution in [2.24, 2.45) is 0 Å². The van der Waals surface area contributed by atoms with Crippen molar-refractivity contribution in [1.82, 2.24) is 5.32 Å². The first-order valence-electron chi connectivity index (χ1n) is 8.40. The van der Waals surface area contributed by atoms with Gasteiger partial charge in [0.2, 0.25) is 5.91 Å². The Labute approximate surface area is 165 Å². The monoisotopic (exact) mass is 401 g/mol. The summed E-state index contributed by atoms with van der Waals surface area (Å²) in [6.45, 7) is 1.16. The quantitative estimate of drug-likeness (QED) is 0.644. The zero-order chi connectivity index (χ0) is 20.5. The number of ether oxygens (including phenoxy) is 2. The van der Waals surface area contributed by atoms with Crippen LogP contribution in [0.15, 0.2) is 30.3 Å². The van der Waals surface area contributed by atoms with E-state index in [0.29, 0.717) is 0 Å². The Morgan fingerprint density at radius 2 is 1.93 bits per heavy atom. The lowest BCUT2D eigenvalue weighted by Crippen LogP contribution is -2.31.